The number of ketones is 1. The first kappa shape index (κ1) is 8.69. The van der Waals surface area contributed by atoms with Crippen LogP contribution in [0.4, 0.5) is 0 Å². The van der Waals surface area contributed by atoms with Gasteiger partial charge in [-0.25, -0.2) is 4.98 Å². The van der Waals surface area contributed by atoms with E-state index >= 15 is 0 Å². The second kappa shape index (κ2) is 3.10. The highest BCUT2D eigenvalue weighted by molar-refractivity contribution is 6.18. The minimum absolute atomic E-state index is 0.0657. The maximum Gasteiger partial charge on any atom is 0.162 e. The Kier molecular flexibility index (Phi) is 1.93. The molecule has 3 heteroatoms. The number of imidazole rings is 1. The van der Waals surface area contributed by atoms with Crippen LogP contribution in [0.3, 0.4) is 0 Å². The molecule has 0 aliphatic carbocycles. The van der Waals surface area contributed by atoms with E-state index in [1.807, 2.05) is 24.3 Å². The Labute approximate surface area is 81.5 Å². The lowest BCUT2D eigenvalue weighted by Gasteiger charge is -1.93. The number of hydrogen-bond acceptors (Lipinski definition) is 2. The van der Waals surface area contributed by atoms with Crippen LogP contribution in [0.2, 0.25) is 0 Å². The van der Waals surface area contributed by atoms with E-state index in [0.29, 0.717) is 11.4 Å². The highest BCUT2D eigenvalue weighted by Gasteiger charge is 2.08. The summed E-state index contributed by atoms with van der Waals surface area (Å²) in [7, 11) is 0. The minimum atomic E-state index is -0.0657. The van der Waals surface area contributed by atoms with Gasteiger partial charge in [0.15, 0.2) is 5.78 Å². The molecular weight excluding hydrogens is 176 g/mol. The van der Waals surface area contributed by atoms with E-state index in [-0.39, 0.29) is 5.78 Å². The number of fused-ring (bicyclic) bond motifs is 1. The molecule has 2 aromatic rings. The predicted octanol–water partition coefficient (Wildman–Crippen LogP) is 2.17. The van der Waals surface area contributed by atoms with Crippen LogP contribution in [0, 0.1) is 0 Å². The zero-order valence-corrected chi connectivity index (χ0v) is 7.87. The van der Waals surface area contributed by atoms with Crippen LogP contribution in [-0.2, 0) is 4.79 Å². The lowest BCUT2D eigenvalue weighted by molar-refractivity contribution is -0.111. The summed E-state index contributed by atoms with van der Waals surface area (Å²) < 4.78 is 0. The highest BCUT2D eigenvalue weighted by Crippen LogP contribution is 2.15. The third-order valence-corrected chi connectivity index (χ3v) is 2.10. The Morgan fingerprint density at radius 1 is 1.43 bits per heavy atom. The summed E-state index contributed by atoms with van der Waals surface area (Å²) in [6, 6.07) is 7.63. The summed E-state index contributed by atoms with van der Waals surface area (Å²) in [5, 5.41) is 0. The van der Waals surface area contributed by atoms with Crippen molar-refractivity contribution in [2.24, 2.45) is 0 Å². The SMILES string of the molecule is C=C(C(C)=O)c1nc2ccccc2[nH]1. The van der Waals surface area contributed by atoms with Gasteiger partial charge in [-0.15, -0.1) is 0 Å². The lowest BCUT2D eigenvalue weighted by atomic mass is 10.2. The number of aromatic nitrogens is 2. The van der Waals surface area contributed by atoms with Gasteiger partial charge in [-0.2, -0.15) is 0 Å². The molecule has 1 aromatic heterocycles. The van der Waals surface area contributed by atoms with Gasteiger partial charge in [0.2, 0.25) is 0 Å². The standard InChI is InChI=1S/C11H10N2O/c1-7(8(2)14)11-12-9-5-3-4-6-10(9)13-11/h3-6H,1H2,2H3,(H,12,13). The number of carbonyl (C=O) groups is 1. The molecule has 0 radical (unpaired) electrons. The number of carbonyl (C=O) groups excluding carboxylic acids is 1. The summed E-state index contributed by atoms with van der Waals surface area (Å²) in [4.78, 5) is 18.4. The maximum absolute atomic E-state index is 11.1. The van der Waals surface area contributed by atoms with E-state index in [2.05, 4.69) is 16.5 Å². The quantitative estimate of drug-likeness (QED) is 0.730. The van der Waals surface area contributed by atoms with Crippen molar-refractivity contribution in [3.05, 3.63) is 36.7 Å². The Balaban J connectivity index is 2.55. The van der Waals surface area contributed by atoms with Gasteiger partial charge in [0.25, 0.3) is 0 Å². The third-order valence-electron chi connectivity index (χ3n) is 2.10. The van der Waals surface area contributed by atoms with Crippen molar-refractivity contribution in [1.82, 2.24) is 9.97 Å². The monoisotopic (exact) mass is 186 g/mol. The molecule has 3 nitrogen and oxygen atoms in total. The van der Waals surface area contributed by atoms with Crippen LogP contribution in [0.25, 0.3) is 16.6 Å². The number of benzene rings is 1. The number of H-pyrrole nitrogens is 1. The molecule has 0 unspecified atom stereocenters. The Hall–Kier alpha value is -1.90. The zero-order chi connectivity index (χ0) is 10.1. The van der Waals surface area contributed by atoms with Gasteiger partial charge >= 0.3 is 0 Å². The predicted molar refractivity (Wildman–Crippen MR) is 55.8 cm³/mol. The summed E-state index contributed by atoms with van der Waals surface area (Å²) in [6.07, 6.45) is 0. The molecule has 0 fully saturated rings. The number of allylic oxidation sites excluding steroid dienone is 1. The Bertz CT molecular complexity index is 478. The second-order valence-electron chi connectivity index (χ2n) is 3.14. The molecule has 0 amide bonds. The molecule has 0 aliphatic heterocycles. The molecule has 70 valence electrons. The molecular formula is C11H10N2O. The number of Topliss-reactive ketones (excluding diaryl/α,β-unsaturated/α-hetero) is 1. The largest absolute Gasteiger partial charge is 0.338 e. The van der Waals surface area contributed by atoms with Gasteiger partial charge < -0.3 is 4.98 Å². The van der Waals surface area contributed by atoms with Gasteiger partial charge in [-0.05, 0) is 19.1 Å². The molecule has 1 heterocycles. The van der Waals surface area contributed by atoms with Crippen LogP contribution >= 0.6 is 0 Å². The number of aromatic amines is 1. The number of nitrogens with one attached hydrogen (secondary N) is 1. The molecule has 0 atom stereocenters. The Morgan fingerprint density at radius 3 is 2.79 bits per heavy atom. The fraction of sp³-hybridized carbons (Fsp3) is 0.0909. The first-order valence-corrected chi connectivity index (χ1v) is 4.33. The second-order valence-corrected chi connectivity index (χ2v) is 3.14. The summed E-state index contributed by atoms with van der Waals surface area (Å²) in [6.45, 7) is 5.16. The van der Waals surface area contributed by atoms with Gasteiger partial charge in [0.05, 0.1) is 16.6 Å². The number of hydrogen-bond donors (Lipinski definition) is 1. The topological polar surface area (TPSA) is 45.8 Å². The smallest absolute Gasteiger partial charge is 0.162 e. The summed E-state index contributed by atoms with van der Waals surface area (Å²) >= 11 is 0. The molecule has 1 aromatic carbocycles. The number of nitrogens with zero attached hydrogens (tertiary/aromatic N) is 1. The fourth-order valence-electron chi connectivity index (χ4n) is 1.26. The lowest BCUT2D eigenvalue weighted by Crippen LogP contribution is -1.95. The van der Waals surface area contributed by atoms with Crippen molar-refractivity contribution in [1.29, 1.82) is 0 Å². The molecule has 1 N–H and O–H groups in total. The van der Waals surface area contributed by atoms with Crippen molar-refractivity contribution in [2.75, 3.05) is 0 Å². The molecule has 0 saturated heterocycles. The van der Waals surface area contributed by atoms with Crippen molar-refractivity contribution in [3.8, 4) is 0 Å². The van der Waals surface area contributed by atoms with Crippen LogP contribution in [-0.4, -0.2) is 15.8 Å². The molecule has 2 rings (SSSR count). The summed E-state index contributed by atoms with van der Waals surface area (Å²) in [5.41, 5.74) is 2.19. The van der Waals surface area contributed by atoms with Crippen LogP contribution in [0.15, 0.2) is 30.8 Å². The van der Waals surface area contributed by atoms with E-state index in [1.165, 1.54) is 6.92 Å². The molecule has 14 heavy (non-hydrogen) atoms. The average Bonchev–Trinajstić information content (AvgIpc) is 2.59. The van der Waals surface area contributed by atoms with Crippen LogP contribution in [0.1, 0.15) is 12.7 Å². The number of rotatable bonds is 2. The number of para-hydroxylation sites is 2. The zero-order valence-electron chi connectivity index (χ0n) is 7.87. The first-order chi connectivity index (χ1) is 6.68. The highest BCUT2D eigenvalue weighted by atomic mass is 16.1. The van der Waals surface area contributed by atoms with Crippen molar-refractivity contribution in [3.63, 3.8) is 0 Å². The van der Waals surface area contributed by atoms with E-state index in [4.69, 9.17) is 0 Å². The van der Waals surface area contributed by atoms with Crippen molar-refractivity contribution >= 4 is 22.4 Å². The van der Waals surface area contributed by atoms with Crippen molar-refractivity contribution in [2.45, 2.75) is 6.92 Å². The molecule has 0 spiro atoms. The van der Waals surface area contributed by atoms with Gasteiger partial charge in [0.1, 0.15) is 5.82 Å². The Morgan fingerprint density at radius 2 is 2.14 bits per heavy atom. The summed E-state index contributed by atoms with van der Waals surface area (Å²) in [5.74, 6) is 0.489. The fourth-order valence-corrected chi connectivity index (χ4v) is 1.26. The third kappa shape index (κ3) is 1.33. The van der Waals surface area contributed by atoms with Gasteiger partial charge in [-0.3, -0.25) is 4.79 Å². The first-order valence-electron chi connectivity index (χ1n) is 4.33. The maximum atomic E-state index is 11.1. The van der Waals surface area contributed by atoms with Crippen molar-refractivity contribution < 1.29 is 4.79 Å². The van der Waals surface area contributed by atoms with Crippen LogP contribution < -0.4 is 0 Å². The normalized spacial score (nSPS) is 10.4. The van der Waals surface area contributed by atoms with Gasteiger partial charge in [0, 0.05) is 0 Å². The molecule has 0 bridgehead atoms. The van der Waals surface area contributed by atoms with Crippen LogP contribution in [0.5, 0.6) is 0 Å². The van der Waals surface area contributed by atoms with E-state index in [0.717, 1.165) is 11.0 Å². The van der Waals surface area contributed by atoms with E-state index in [1.54, 1.807) is 0 Å². The molecule has 0 aliphatic rings. The minimum Gasteiger partial charge on any atom is -0.338 e. The van der Waals surface area contributed by atoms with E-state index < -0.39 is 0 Å². The van der Waals surface area contributed by atoms with Gasteiger partial charge in [-0.1, -0.05) is 18.7 Å². The molecule has 0 saturated carbocycles. The van der Waals surface area contributed by atoms with E-state index in [9.17, 15) is 4.79 Å². The average molecular weight is 186 g/mol.